The Kier molecular flexibility index (Phi) is 4.43. The van der Waals surface area contributed by atoms with E-state index >= 15 is 0 Å². The zero-order valence-corrected chi connectivity index (χ0v) is 12.2. The van der Waals surface area contributed by atoms with Crippen LogP contribution in [0.4, 0.5) is 0 Å². The summed E-state index contributed by atoms with van der Waals surface area (Å²) in [5.41, 5.74) is 3.78. The molecule has 0 radical (unpaired) electrons. The fourth-order valence-electron chi connectivity index (χ4n) is 1.97. The van der Waals surface area contributed by atoms with Crippen LogP contribution in [0.25, 0.3) is 0 Å². The summed E-state index contributed by atoms with van der Waals surface area (Å²) in [5.74, 6) is 1.09. The van der Waals surface area contributed by atoms with Crippen molar-refractivity contribution in [1.82, 2.24) is 14.8 Å². The summed E-state index contributed by atoms with van der Waals surface area (Å²) in [4.78, 5) is 4.37. The third-order valence-electron chi connectivity index (χ3n) is 2.86. The maximum Gasteiger partial charge on any atom is 0.142 e. The Hall–Kier alpha value is -1.55. The molecule has 0 unspecified atom stereocenters. The lowest BCUT2D eigenvalue weighted by atomic mass is 10.3. The molecule has 0 fully saturated rings. The Morgan fingerprint density at radius 2 is 2.05 bits per heavy atom. The number of halogens is 1. The molecule has 2 heterocycles. The minimum Gasteiger partial charge on any atom is -0.485 e. The molecule has 5 heteroatoms. The summed E-state index contributed by atoms with van der Waals surface area (Å²) in [7, 11) is 0. The summed E-state index contributed by atoms with van der Waals surface area (Å²) >= 11 is 5.89. The van der Waals surface area contributed by atoms with Gasteiger partial charge in [0, 0.05) is 12.2 Å². The van der Waals surface area contributed by atoms with Crippen molar-refractivity contribution in [1.29, 1.82) is 0 Å². The minimum absolute atomic E-state index is 0.350. The Morgan fingerprint density at radius 1 is 1.26 bits per heavy atom. The Labute approximate surface area is 118 Å². The van der Waals surface area contributed by atoms with Crippen molar-refractivity contribution >= 4 is 11.6 Å². The number of aryl methyl sites for hydroxylation is 3. The lowest BCUT2D eigenvalue weighted by Gasteiger charge is -2.10. The molecule has 0 saturated carbocycles. The van der Waals surface area contributed by atoms with Crippen LogP contribution in [0.2, 0.25) is 0 Å². The quantitative estimate of drug-likeness (QED) is 0.789. The third-order valence-corrected chi connectivity index (χ3v) is 3.11. The van der Waals surface area contributed by atoms with Crippen molar-refractivity contribution in [3.8, 4) is 5.75 Å². The average molecular weight is 280 g/mol. The average Bonchev–Trinajstić information content (AvgIpc) is 2.77. The molecule has 0 aliphatic carbocycles. The normalized spacial score (nSPS) is 10.7. The zero-order chi connectivity index (χ0) is 13.8. The zero-order valence-electron chi connectivity index (χ0n) is 11.5. The van der Waals surface area contributed by atoms with E-state index in [1.54, 1.807) is 0 Å². The van der Waals surface area contributed by atoms with Gasteiger partial charge in [-0.15, -0.1) is 11.6 Å². The first-order valence-corrected chi connectivity index (χ1v) is 6.86. The van der Waals surface area contributed by atoms with Crippen molar-refractivity contribution in [3.63, 3.8) is 0 Å². The van der Waals surface area contributed by atoms with E-state index in [0.717, 1.165) is 35.1 Å². The van der Waals surface area contributed by atoms with Gasteiger partial charge in [0.1, 0.15) is 12.4 Å². The molecule has 0 N–H and O–H groups in total. The number of alkyl halides is 1. The Morgan fingerprint density at radius 3 is 2.74 bits per heavy atom. The van der Waals surface area contributed by atoms with Gasteiger partial charge in [0.05, 0.1) is 23.0 Å². The van der Waals surface area contributed by atoms with Crippen molar-refractivity contribution < 1.29 is 4.74 Å². The first-order chi connectivity index (χ1) is 9.13. The molecule has 19 heavy (non-hydrogen) atoms. The molecule has 2 aromatic rings. The van der Waals surface area contributed by atoms with E-state index in [9.17, 15) is 0 Å². The molecule has 0 aliphatic rings. The van der Waals surface area contributed by atoms with Crippen LogP contribution >= 0.6 is 11.6 Å². The first kappa shape index (κ1) is 13.9. The second-order valence-corrected chi connectivity index (χ2v) is 4.68. The first-order valence-electron chi connectivity index (χ1n) is 6.32. The largest absolute Gasteiger partial charge is 0.485 e. The summed E-state index contributed by atoms with van der Waals surface area (Å²) in [5, 5.41) is 4.39. The maximum absolute atomic E-state index is 5.89. The number of rotatable bonds is 5. The Balaban J connectivity index is 2.14. The monoisotopic (exact) mass is 279 g/mol. The van der Waals surface area contributed by atoms with E-state index < -0.39 is 0 Å². The molecule has 0 spiro atoms. The highest BCUT2D eigenvalue weighted by Crippen LogP contribution is 2.20. The highest BCUT2D eigenvalue weighted by molar-refractivity contribution is 6.17. The summed E-state index contributed by atoms with van der Waals surface area (Å²) in [6, 6.07) is 5.87. The highest BCUT2D eigenvalue weighted by atomic mass is 35.5. The second-order valence-electron chi connectivity index (χ2n) is 4.41. The minimum atomic E-state index is 0.350. The van der Waals surface area contributed by atoms with Gasteiger partial charge in [0.2, 0.25) is 0 Å². The standard InChI is InChI=1S/C14H18ClN3O/c1-4-18-12(7-11(3)17-18)9-19-14-6-5-10(2)16-13(14)8-15/h5-7H,4,8-9H2,1-3H3. The lowest BCUT2D eigenvalue weighted by Crippen LogP contribution is -2.07. The number of ether oxygens (including phenoxy) is 1. The van der Waals surface area contributed by atoms with Gasteiger partial charge in [-0.3, -0.25) is 9.67 Å². The van der Waals surface area contributed by atoms with Gasteiger partial charge in [-0.1, -0.05) is 0 Å². The number of nitrogens with zero attached hydrogens (tertiary/aromatic N) is 3. The number of pyridine rings is 1. The van der Waals surface area contributed by atoms with Gasteiger partial charge in [-0.2, -0.15) is 5.10 Å². The van der Waals surface area contributed by atoms with E-state index in [-0.39, 0.29) is 0 Å². The van der Waals surface area contributed by atoms with Crippen molar-refractivity contribution in [3.05, 3.63) is 41.0 Å². The SMILES string of the molecule is CCn1nc(C)cc1COc1ccc(C)nc1CCl. The molecule has 102 valence electrons. The van der Waals surface area contributed by atoms with Gasteiger partial charge in [-0.25, -0.2) is 0 Å². The Bertz CT molecular complexity index is 566. The summed E-state index contributed by atoms with van der Waals surface area (Å²) in [6.45, 7) is 7.29. The number of hydrogen-bond acceptors (Lipinski definition) is 3. The lowest BCUT2D eigenvalue weighted by molar-refractivity contribution is 0.288. The molecule has 0 aromatic carbocycles. The van der Waals surface area contributed by atoms with Crippen LogP contribution in [0.3, 0.4) is 0 Å². The second kappa shape index (κ2) is 6.06. The molecule has 2 aromatic heterocycles. The van der Waals surface area contributed by atoms with Gasteiger partial charge >= 0.3 is 0 Å². The fourth-order valence-corrected chi connectivity index (χ4v) is 2.16. The van der Waals surface area contributed by atoms with Crippen molar-refractivity contribution in [2.24, 2.45) is 0 Å². The molecule has 0 bridgehead atoms. The van der Waals surface area contributed by atoms with E-state index in [4.69, 9.17) is 16.3 Å². The van der Waals surface area contributed by atoms with Crippen LogP contribution < -0.4 is 4.74 Å². The predicted octanol–water partition coefficient (Wildman–Crippen LogP) is 3.23. The van der Waals surface area contributed by atoms with Crippen LogP contribution in [0.1, 0.15) is 29.7 Å². The van der Waals surface area contributed by atoms with Crippen LogP contribution in [0.15, 0.2) is 18.2 Å². The molecule has 0 amide bonds. The molecular formula is C14H18ClN3O. The summed E-state index contributed by atoms with van der Waals surface area (Å²) in [6.07, 6.45) is 0. The van der Waals surface area contributed by atoms with Gasteiger partial charge < -0.3 is 4.74 Å². The van der Waals surface area contributed by atoms with E-state index in [2.05, 4.69) is 17.0 Å². The molecular weight excluding hydrogens is 262 g/mol. The smallest absolute Gasteiger partial charge is 0.142 e. The van der Waals surface area contributed by atoms with E-state index in [1.165, 1.54) is 0 Å². The topological polar surface area (TPSA) is 39.9 Å². The fraction of sp³-hybridized carbons (Fsp3) is 0.429. The highest BCUT2D eigenvalue weighted by Gasteiger charge is 2.08. The molecule has 4 nitrogen and oxygen atoms in total. The number of aromatic nitrogens is 3. The number of hydrogen-bond donors (Lipinski definition) is 0. The molecule has 0 aliphatic heterocycles. The third kappa shape index (κ3) is 3.26. The van der Waals surface area contributed by atoms with Crippen LogP contribution in [-0.2, 0) is 19.0 Å². The van der Waals surface area contributed by atoms with Gasteiger partial charge in [0.25, 0.3) is 0 Å². The van der Waals surface area contributed by atoms with Gasteiger partial charge in [-0.05, 0) is 39.0 Å². The summed E-state index contributed by atoms with van der Waals surface area (Å²) < 4.78 is 7.76. The van der Waals surface area contributed by atoms with Crippen LogP contribution in [0.5, 0.6) is 5.75 Å². The maximum atomic E-state index is 5.89. The predicted molar refractivity (Wildman–Crippen MR) is 75.5 cm³/mol. The molecule has 2 rings (SSSR count). The molecule has 0 atom stereocenters. The van der Waals surface area contributed by atoms with Crippen molar-refractivity contribution in [2.75, 3.05) is 0 Å². The van der Waals surface area contributed by atoms with E-state index in [0.29, 0.717) is 12.5 Å². The van der Waals surface area contributed by atoms with Crippen molar-refractivity contribution in [2.45, 2.75) is 39.8 Å². The van der Waals surface area contributed by atoms with Crippen LogP contribution in [0, 0.1) is 13.8 Å². The van der Waals surface area contributed by atoms with Gasteiger partial charge in [0.15, 0.2) is 0 Å². The molecule has 0 saturated heterocycles. The van der Waals surface area contributed by atoms with E-state index in [1.807, 2.05) is 36.7 Å². The van der Waals surface area contributed by atoms with Crippen LogP contribution in [-0.4, -0.2) is 14.8 Å².